The van der Waals surface area contributed by atoms with Crippen molar-refractivity contribution in [3.63, 3.8) is 0 Å². The number of para-hydroxylation sites is 1. The Labute approximate surface area is 147 Å². The van der Waals surface area contributed by atoms with E-state index < -0.39 is 0 Å². The Balaban J connectivity index is 1.66. The Kier molecular flexibility index (Phi) is 8.12. The number of ether oxygens (including phenoxy) is 1. The zero-order valence-corrected chi connectivity index (χ0v) is 15.5. The van der Waals surface area contributed by atoms with Crippen LogP contribution < -0.4 is 15.4 Å². The van der Waals surface area contributed by atoms with Crippen LogP contribution in [0.5, 0.6) is 5.75 Å². The molecule has 1 amide bonds. The first-order valence-corrected chi connectivity index (χ1v) is 10.2. The molecular formula is C17H26N2O2S2. The monoisotopic (exact) mass is 354 g/mol. The van der Waals surface area contributed by atoms with Crippen molar-refractivity contribution in [2.45, 2.75) is 24.3 Å². The molecule has 6 heteroatoms. The summed E-state index contributed by atoms with van der Waals surface area (Å²) >= 11 is 3.70. The average Bonchev–Trinajstić information content (AvgIpc) is 2.59. The molecule has 1 aliphatic rings. The zero-order chi connectivity index (χ0) is 16.5. The van der Waals surface area contributed by atoms with Gasteiger partial charge in [0, 0.05) is 47.7 Å². The van der Waals surface area contributed by atoms with Crippen LogP contribution in [0.3, 0.4) is 0 Å². The van der Waals surface area contributed by atoms with Crippen LogP contribution in [0.1, 0.15) is 13.3 Å². The fraction of sp³-hybridized carbons (Fsp3) is 0.588. The molecule has 0 radical (unpaired) electrons. The lowest BCUT2D eigenvalue weighted by Crippen LogP contribution is -2.42. The van der Waals surface area contributed by atoms with Gasteiger partial charge in [-0.15, -0.1) is 11.8 Å². The molecule has 1 aromatic rings. The molecule has 0 bridgehead atoms. The summed E-state index contributed by atoms with van der Waals surface area (Å²) in [7, 11) is 1.70. The van der Waals surface area contributed by atoms with Crippen LogP contribution in [-0.4, -0.2) is 49.4 Å². The molecule has 2 rings (SSSR count). The molecule has 1 saturated heterocycles. The van der Waals surface area contributed by atoms with Gasteiger partial charge in [0.25, 0.3) is 0 Å². The molecule has 1 fully saturated rings. The van der Waals surface area contributed by atoms with E-state index in [-0.39, 0.29) is 5.91 Å². The van der Waals surface area contributed by atoms with Crippen molar-refractivity contribution in [2.75, 3.05) is 37.5 Å². The van der Waals surface area contributed by atoms with Gasteiger partial charge in [0.1, 0.15) is 5.75 Å². The third kappa shape index (κ3) is 6.65. The first kappa shape index (κ1) is 18.5. The van der Waals surface area contributed by atoms with E-state index in [0.717, 1.165) is 41.0 Å². The number of thioether (sulfide) groups is 2. The maximum absolute atomic E-state index is 12.0. The van der Waals surface area contributed by atoms with Gasteiger partial charge in [0.15, 0.2) is 0 Å². The van der Waals surface area contributed by atoms with Crippen molar-refractivity contribution >= 4 is 29.4 Å². The fourth-order valence-electron chi connectivity index (χ4n) is 2.36. The van der Waals surface area contributed by atoms with Crippen molar-refractivity contribution in [3.8, 4) is 5.75 Å². The zero-order valence-electron chi connectivity index (χ0n) is 13.8. The normalized spacial score (nSPS) is 19.1. The Bertz CT molecular complexity index is 493. The van der Waals surface area contributed by atoms with Crippen molar-refractivity contribution < 1.29 is 9.53 Å². The van der Waals surface area contributed by atoms with Gasteiger partial charge >= 0.3 is 0 Å². The summed E-state index contributed by atoms with van der Waals surface area (Å²) in [4.78, 5) is 13.2. The topological polar surface area (TPSA) is 50.4 Å². The second-order valence-corrected chi connectivity index (χ2v) is 8.01. The van der Waals surface area contributed by atoms with Crippen LogP contribution in [0, 0.1) is 5.92 Å². The third-order valence-corrected chi connectivity index (χ3v) is 6.19. The summed E-state index contributed by atoms with van der Waals surface area (Å²) in [5.41, 5.74) is 0. The predicted octanol–water partition coefficient (Wildman–Crippen LogP) is 2.63. The van der Waals surface area contributed by atoms with Crippen LogP contribution in [0.4, 0.5) is 0 Å². The third-order valence-electron chi connectivity index (χ3n) is 3.67. The highest BCUT2D eigenvalue weighted by Crippen LogP contribution is 2.29. The van der Waals surface area contributed by atoms with E-state index in [1.807, 2.05) is 30.0 Å². The van der Waals surface area contributed by atoms with Gasteiger partial charge in [-0.2, -0.15) is 11.8 Å². The van der Waals surface area contributed by atoms with Gasteiger partial charge < -0.3 is 15.4 Å². The maximum atomic E-state index is 12.0. The average molecular weight is 355 g/mol. The summed E-state index contributed by atoms with van der Waals surface area (Å²) < 4.78 is 5.36. The Morgan fingerprint density at radius 3 is 3.09 bits per heavy atom. The van der Waals surface area contributed by atoms with Gasteiger partial charge in [-0.05, 0) is 18.1 Å². The van der Waals surface area contributed by atoms with Crippen molar-refractivity contribution in [2.24, 2.45) is 5.92 Å². The number of hydrogen-bond acceptors (Lipinski definition) is 5. The molecule has 1 heterocycles. The van der Waals surface area contributed by atoms with Crippen LogP contribution in [0.25, 0.3) is 0 Å². The van der Waals surface area contributed by atoms with Gasteiger partial charge in [0.05, 0.1) is 7.11 Å². The SMILES string of the molecule is COc1ccccc1SCC(C)CNC(=O)CC1CSCCN1. The molecule has 0 aliphatic carbocycles. The molecular weight excluding hydrogens is 328 g/mol. The molecule has 2 N–H and O–H groups in total. The smallest absolute Gasteiger partial charge is 0.221 e. The highest BCUT2D eigenvalue weighted by Gasteiger charge is 2.17. The van der Waals surface area contributed by atoms with E-state index in [1.54, 1.807) is 18.9 Å². The van der Waals surface area contributed by atoms with Crippen molar-refractivity contribution in [1.29, 1.82) is 0 Å². The van der Waals surface area contributed by atoms with Crippen molar-refractivity contribution in [3.05, 3.63) is 24.3 Å². The molecule has 2 unspecified atom stereocenters. The molecule has 0 saturated carbocycles. The second kappa shape index (κ2) is 10.1. The fourth-order valence-corrected chi connectivity index (χ4v) is 4.36. The maximum Gasteiger partial charge on any atom is 0.221 e. The first-order chi connectivity index (χ1) is 11.2. The summed E-state index contributed by atoms with van der Waals surface area (Å²) in [6.45, 7) is 3.90. The summed E-state index contributed by atoms with van der Waals surface area (Å²) in [5, 5.41) is 6.46. The number of methoxy groups -OCH3 is 1. The van der Waals surface area contributed by atoms with Crippen LogP contribution >= 0.6 is 23.5 Å². The minimum atomic E-state index is 0.152. The lowest BCUT2D eigenvalue weighted by Gasteiger charge is -2.23. The number of rotatable bonds is 8. The summed E-state index contributed by atoms with van der Waals surface area (Å²) in [6, 6.07) is 8.37. The number of carbonyl (C=O) groups excluding carboxylic acids is 1. The number of nitrogens with one attached hydrogen (secondary N) is 2. The quantitative estimate of drug-likeness (QED) is 0.703. The van der Waals surface area contributed by atoms with E-state index in [4.69, 9.17) is 4.74 Å². The number of hydrogen-bond donors (Lipinski definition) is 2. The second-order valence-electron chi connectivity index (χ2n) is 5.80. The van der Waals surface area contributed by atoms with Gasteiger partial charge in [-0.25, -0.2) is 0 Å². The van der Waals surface area contributed by atoms with Crippen LogP contribution in [0.15, 0.2) is 29.2 Å². The molecule has 2 atom stereocenters. The molecule has 23 heavy (non-hydrogen) atoms. The summed E-state index contributed by atoms with van der Waals surface area (Å²) in [5.74, 6) is 4.62. The molecule has 0 aromatic heterocycles. The molecule has 0 spiro atoms. The first-order valence-electron chi connectivity index (χ1n) is 8.02. The highest BCUT2D eigenvalue weighted by atomic mass is 32.2. The number of benzene rings is 1. The minimum absolute atomic E-state index is 0.152. The number of amides is 1. The van der Waals surface area contributed by atoms with Gasteiger partial charge in [-0.1, -0.05) is 19.1 Å². The Morgan fingerprint density at radius 1 is 1.52 bits per heavy atom. The lowest BCUT2D eigenvalue weighted by molar-refractivity contribution is -0.121. The molecule has 128 valence electrons. The van der Waals surface area contributed by atoms with Crippen LogP contribution in [0.2, 0.25) is 0 Å². The lowest BCUT2D eigenvalue weighted by atomic mass is 10.2. The standard InChI is InChI=1S/C17H26N2O2S2/c1-13(11-23-16-6-4-3-5-15(16)21-2)10-19-17(20)9-14-12-22-8-7-18-14/h3-6,13-14,18H,7-12H2,1-2H3,(H,19,20). The van der Waals surface area contributed by atoms with Gasteiger partial charge in [0.2, 0.25) is 5.91 Å². The molecule has 1 aromatic carbocycles. The van der Waals surface area contributed by atoms with E-state index in [9.17, 15) is 4.79 Å². The minimum Gasteiger partial charge on any atom is -0.496 e. The van der Waals surface area contributed by atoms with E-state index >= 15 is 0 Å². The molecule has 4 nitrogen and oxygen atoms in total. The van der Waals surface area contributed by atoms with E-state index in [0.29, 0.717) is 18.4 Å². The Morgan fingerprint density at radius 2 is 2.35 bits per heavy atom. The highest BCUT2D eigenvalue weighted by molar-refractivity contribution is 7.99. The molecule has 1 aliphatic heterocycles. The number of carbonyl (C=O) groups is 1. The summed E-state index contributed by atoms with van der Waals surface area (Å²) in [6.07, 6.45) is 0.583. The largest absolute Gasteiger partial charge is 0.496 e. The van der Waals surface area contributed by atoms with Crippen molar-refractivity contribution in [1.82, 2.24) is 10.6 Å². The van der Waals surface area contributed by atoms with Gasteiger partial charge in [-0.3, -0.25) is 4.79 Å². The predicted molar refractivity (Wildman–Crippen MR) is 99.6 cm³/mol. The van der Waals surface area contributed by atoms with E-state index in [2.05, 4.69) is 23.6 Å². The Hall–Kier alpha value is -0.850. The van der Waals surface area contributed by atoms with Crippen LogP contribution in [-0.2, 0) is 4.79 Å². The van der Waals surface area contributed by atoms with E-state index in [1.165, 1.54) is 0 Å².